The highest BCUT2D eigenvalue weighted by Crippen LogP contribution is 2.37. The average Bonchev–Trinajstić information content (AvgIpc) is 2.58. The van der Waals surface area contributed by atoms with Gasteiger partial charge in [0.05, 0.1) is 0 Å². The molecule has 1 aromatic rings. The lowest BCUT2D eigenvalue weighted by molar-refractivity contribution is 0.313. The molecule has 1 heterocycles. The maximum atomic E-state index is 3.35. The fourth-order valence-corrected chi connectivity index (χ4v) is 2.31. The smallest absolute Gasteiger partial charge is 0.0207 e. The first-order valence-electron chi connectivity index (χ1n) is 4.95. The molecular formula is C11H17N. The zero-order valence-corrected chi connectivity index (χ0v) is 7.77. The third-order valence-electron chi connectivity index (χ3n) is 3.21. The van der Waals surface area contributed by atoms with Crippen molar-refractivity contribution in [2.45, 2.75) is 44.4 Å². The van der Waals surface area contributed by atoms with Crippen LogP contribution in [0.3, 0.4) is 0 Å². The van der Waals surface area contributed by atoms with Gasteiger partial charge in [-0.2, -0.15) is 0 Å². The summed E-state index contributed by atoms with van der Waals surface area (Å²) in [4.78, 5) is 3.35. The van der Waals surface area contributed by atoms with Gasteiger partial charge < -0.3 is 4.98 Å². The summed E-state index contributed by atoms with van der Waals surface area (Å²) < 4.78 is 0. The van der Waals surface area contributed by atoms with Crippen molar-refractivity contribution in [1.29, 1.82) is 0 Å². The van der Waals surface area contributed by atoms with Crippen LogP contribution in [-0.2, 0) is 5.41 Å². The van der Waals surface area contributed by atoms with Crippen LogP contribution in [0, 0.1) is 0 Å². The second kappa shape index (κ2) is 2.96. The Bertz CT molecular complexity index is 230. The number of nitrogens with one attached hydrogen (secondary N) is 1. The van der Waals surface area contributed by atoms with Crippen molar-refractivity contribution in [2.75, 3.05) is 0 Å². The minimum absolute atomic E-state index is 0.446. The Morgan fingerprint density at radius 3 is 2.58 bits per heavy atom. The summed E-state index contributed by atoms with van der Waals surface area (Å²) >= 11 is 0. The molecule has 1 aliphatic carbocycles. The van der Waals surface area contributed by atoms with Gasteiger partial charge in [-0.15, -0.1) is 0 Å². The number of aromatic nitrogens is 1. The van der Waals surface area contributed by atoms with E-state index < -0.39 is 0 Å². The molecule has 1 nitrogen and oxygen atoms in total. The number of aromatic amines is 1. The Balaban J connectivity index is 2.19. The number of hydrogen-bond donors (Lipinski definition) is 1. The van der Waals surface area contributed by atoms with Gasteiger partial charge >= 0.3 is 0 Å². The van der Waals surface area contributed by atoms with Crippen LogP contribution >= 0.6 is 0 Å². The molecule has 0 aliphatic heterocycles. The van der Waals surface area contributed by atoms with Crippen LogP contribution in [0.15, 0.2) is 18.3 Å². The molecule has 1 aromatic heterocycles. The van der Waals surface area contributed by atoms with E-state index in [1.165, 1.54) is 37.8 Å². The van der Waals surface area contributed by atoms with E-state index in [-0.39, 0.29) is 0 Å². The molecule has 0 amide bonds. The highest BCUT2D eigenvalue weighted by molar-refractivity contribution is 5.16. The maximum Gasteiger partial charge on any atom is 0.0207 e. The van der Waals surface area contributed by atoms with E-state index in [0.29, 0.717) is 5.41 Å². The van der Waals surface area contributed by atoms with Gasteiger partial charge in [0, 0.05) is 17.3 Å². The first-order valence-corrected chi connectivity index (χ1v) is 4.95. The molecule has 1 saturated carbocycles. The average molecular weight is 163 g/mol. The van der Waals surface area contributed by atoms with Gasteiger partial charge in [0.2, 0.25) is 0 Å². The summed E-state index contributed by atoms with van der Waals surface area (Å²) in [5, 5.41) is 0. The van der Waals surface area contributed by atoms with E-state index in [4.69, 9.17) is 0 Å². The van der Waals surface area contributed by atoms with Gasteiger partial charge in [0.1, 0.15) is 0 Å². The van der Waals surface area contributed by atoms with E-state index >= 15 is 0 Å². The molecule has 1 heteroatoms. The monoisotopic (exact) mass is 163 g/mol. The summed E-state index contributed by atoms with van der Waals surface area (Å²) in [7, 11) is 0. The van der Waals surface area contributed by atoms with Gasteiger partial charge in [0.25, 0.3) is 0 Å². The molecule has 0 aromatic carbocycles. The molecular weight excluding hydrogens is 146 g/mol. The number of hydrogen-bond acceptors (Lipinski definition) is 0. The highest BCUT2D eigenvalue weighted by Gasteiger charge is 2.28. The normalized spacial score (nSPS) is 22.4. The van der Waals surface area contributed by atoms with Crippen molar-refractivity contribution in [2.24, 2.45) is 0 Å². The standard InChI is InChI=1S/C11H17N/c1-11(7-3-2-4-8-11)10-6-5-9-12-10/h5-6,9,12H,2-4,7-8H2,1H3. The summed E-state index contributed by atoms with van der Waals surface area (Å²) in [5.74, 6) is 0. The lowest BCUT2D eigenvalue weighted by Crippen LogP contribution is -2.25. The molecule has 12 heavy (non-hydrogen) atoms. The zero-order valence-electron chi connectivity index (χ0n) is 7.77. The number of H-pyrrole nitrogens is 1. The van der Waals surface area contributed by atoms with E-state index in [1.54, 1.807) is 0 Å². The van der Waals surface area contributed by atoms with Crippen LogP contribution in [0.1, 0.15) is 44.7 Å². The summed E-state index contributed by atoms with van der Waals surface area (Å²) in [6, 6.07) is 4.33. The minimum Gasteiger partial charge on any atom is -0.365 e. The van der Waals surface area contributed by atoms with Crippen molar-refractivity contribution in [3.8, 4) is 0 Å². The third kappa shape index (κ3) is 1.28. The van der Waals surface area contributed by atoms with E-state index in [1.807, 2.05) is 6.20 Å². The van der Waals surface area contributed by atoms with Gasteiger partial charge in [-0.3, -0.25) is 0 Å². The second-order valence-corrected chi connectivity index (χ2v) is 4.21. The van der Waals surface area contributed by atoms with E-state index in [9.17, 15) is 0 Å². The predicted octanol–water partition coefficient (Wildman–Crippen LogP) is 3.24. The topological polar surface area (TPSA) is 15.8 Å². The molecule has 1 fully saturated rings. The first-order chi connectivity index (χ1) is 5.81. The summed E-state index contributed by atoms with van der Waals surface area (Å²) in [6.07, 6.45) is 8.97. The SMILES string of the molecule is CC1(c2ccc[nH]2)CCCCC1. The molecule has 0 atom stereocenters. The maximum absolute atomic E-state index is 3.35. The quantitative estimate of drug-likeness (QED) is 0.654. The fraction of sp³-hybridized carbons (Fsp3) is 0.636. The Kier molecular flexibility index (Phi) is 1.95. The van der Waals surface area contributed by atoms with Gasteiger partial charge in [-0.25, -0.2) is 0 Å². The third-order valence-corrected chi connectivity index (χ3v) is 3.21. The van der Waals surface area contributed by atoms with Crippen LogP contribution in [0.2, 0.25) is 0 Å². The Hall–Kier alpha value is -0.720. The molecule has 1 N–H and O–H groups in total. The lowest BCUT2D eigenvalue weighted by Gasteiger charge is -2.32. The zero-order chi connectivity index (χ0) is 8.44. The molecule has 0 spiro atoms. The molecule has 0 unspecified atom stereocenters. The van der Waals surface area contributed by atoms with Gasteiger partial charge in [-0.05, 0) is 25.0 Å². The largest absolute Gasteiger partial charge is 0.365 e. The Morgan fingerprint density at radius 2 is 2.00 bits per heavy atom. The second-order valence-electron chi connectivity index (χ2n) is 4.21. The van der Waals surface area contributed by atoms with Crippen LogP contribution < -0.4 is 0 Å². The summed E-state index contributed by atoms with van der Waals surface area (Å²) in [6.45, 7) is 2.39. The van der Waals surface area contributed by atoms with Crippen LogP contribution in [-0.4, -0.2) is 4.98 Å². The predicted molar refractivity (Wildman–Crippen MR) is 51.2 cm³/mol. The van der Waals surface area contributed by atoms with Crippen LogP contribution in [0.25, 0.3) is 0 Å². The fourth-order valence-electron chi connectivity index (χ4n) is 2.31. The Labute approximate surface area is 74.2 Å². The molecule has 0 saturated heterocycles. The van der Waals surface area contributed by atoms with Crippen molar-refractivity contribution in [3.05, 3.63) is 24.0 Å². The Morgan fingerprint density at radius 1 is 1.25 bits per heavy atom. The highest BCUT2D eigenvalue weighted by atomic mass is 14.7. The number of rotatable bonds is 1. The lowest BCUT2D eigenvalue weighted by atomic mass is 9.73. The molecule has 0 bridgehead atoms. The summed E-state index contributed by atoms with van der Waals surface area (Å²) in [5.41, 5.74) is 1.88. The molecule has 66 valence electrons. The van der Waals surface area contributed by atoms with Crippen molar-refractivity contribution in [1.82, 2.24) is 4.98 Å². The van der Waals surface area contributed by atoms with E-state index in [0.717, 1.165) is 0 Å². The van der Waals surface area contributed by atoms with Crippen molar-refractivity contribution >= 4 is 0 Å². The molecule has 2 rings (SSSR count). The van der Waals surface area contributed by atoms with Crippen LogP contribution in [0.5, 0.6) is 0 Å². The van der Waals surface area contributed by atoms with Crippen LogP contribution in [0.4, 0.5) is 0 Å². The first kappa shape index (κ1) is 7.90. The van der Waals surface area contributed by atoms with E-state index in [2.05, 4.69) is 24.0 Å². The molecule has 0 radical (unpaired) electrons. The van der Waals surface area contributed by atoms with Crippen molar-refractivity contribution < 1.29 is 0 Å². The van der Waals surface area contributed by atoms with Gasteiger partial charge in [-0.1, -0.05) is 26.2 Å². The van der Waals surface area contributed by atoms with Crippen molar-refractivity contribution in [3.63, 3.8) is 0 Å². The molecule has 1 aliphatic rings. The van der Waals surface area contributed by atoms with Gasteiger partial charge in [0.15, 0.2) is 0 Å². The minimum atomic E-state index is 0.446.